The molecule has 0 aromatic carbocycles. The second-order valence-electron chi connectivity index (χ2n) is 32.6. The summed E-state index contributed by atoms with van der Waals surface area (Å²) in [5.74, 6) is 12.7. The van der Waals surface area contributed by atoms with Crippen molar-refractivity contribution in [2.45, 2.75) is 288 Å². The topological polar surface area (TPSA) is 41.9 Å². The van der Waals surface area contributed by atoms with E-state index in [-0.39, 0.29) is 0 Å². The average molecular weight is 1120 g/mol. The number of hydrogen-bond donors (Lipinski definition) is 0. The third-order valence-corrected chi connectivity index (χ3v) is 26.7. The molecule has 0 amide bonds. The monoisotopic (exact) mass is 1120 g/mol. The van der Waals surface area contributed by atoms with E-state index in [0.29, 0.717) is 45.1 Å². The summed E-state index contributed by atoms with van der Waals surface area (Å²) in [5.41, 5.74) is 7.84. The molecule has 6 fully saturated rings. The van der Waals surface area contributed by atoms with Gasteiger partial charge in [-0.25, -0.2) is 9.13 Å². The van der Waals surface area contributed by atoms with Gasteiger partial charge in [0.05, 0.1) is 0 Å². The molecule has 16 atom stereocenters. The number of rotatable bonds is 27. The minimum atomic E-state index is 0.371. The Bertz CT molecular complexity index is 2310. The molecular weight excluding hydrogens is 997 g/mol. The van der Waals surface area contributed by atoms with Gasteiger partial charge in [0.15, 0.2) is 24.8 Å². The smallest absolute Gasteiger partial charge is 0.169 e. The first kappa shape index (κ1) is 62.2. The van der Waals surface area contributed by atoms with Crippen LogP contribution in [0.4, 0.5) is 0 Å². The summed E-state index contributed by atoms with van der Waals surface area (Å²) in [6.07, 6.45) is 54.2. The minimum absolute atomic E-state index is 0.371. The Hall–Kier alpha value is -2.88. The zero-order valence-electron chi connectivity index (χ0n) is 54.6. The van der Waals surface area contributed by atoms with E-state index >= 15 is 0 Å². The first-order valence-corrected chi connectivity index (χ1v) is 35.8. The van der Waals surface area contributed by atoms with E-state index in [1.807, 2.05) is 0 Å². The number of aromatic nitrogens is 2. The van der Waals surface area contributed by atoms with Gasteiger partial charge in [0, 0.05) is 62.8 Å². The fourth-order valence-electron chi connectivity index (χ4n) is 21.9. The molecule has 4 nitrogen and oxygen atoms in total. The fourth-order valence-corrected chi connectivity index (χ4v) is 21.9. The van der Waals surface area contributed by atoms with E-state index in [1.54, 1.807) is 11.1 Å². The number of aryl methyl sites for hydroxylation is 2. The van der Waals surface area contributed by atoms with Crippen molar-refractivity contribution in [3.05, 3.63) is 72.4 Å². The van der Waals surface area contributed by atoms with Crippen LogP contribution in [0, 0.1) is 105 Å². The van der Waals surface area contributed by atoms with Gasteiger partial charge in [-0.3, -0.25) is 9.59 Å². The van der Waals surface area contributed by atoms with Crippen molar-refractivity contribution in [3.63, 3.8) is 0 Å². The zero-order valence-corrected chi connectivity index (χ0v) is 54.6. The molecule has 0 N–H and O–H groups in total. The highest BCUT2D eigenvalue weighted by molar-refractivity contribution is 5.79. The fraction of sp³-hybridized carbons (Fsp3) is 0.795. The van der Waals surface area contributed by atoms with Crippen LogP contribution in [0.25, 0.3) is 11.1 Å². The van der Waals surface area contributed by atoms with Crippen LogP contribution < -0.4 is 9.13 Å². The molecule has 0 radical (unpaired) electrons. The maximum absolute atomic E-state index is 13.4. The van der Waals surface area contributed by atoms with E-state index in [0.717, 1.165) is 148 Å². The Morgan fingerprint density at radius 1 is 0.463 bits per heavy atom. The molecule has 8 aliphatic rings. The highest BCUT2D eigenvalue weighted by Crippen LogP contribution is 2.69. The predicted molar refractivity (Wildman–Crippen MR) is 342 cm³/mol. The van der Waals surface area contributed by atoms with E-state index in [9.17, 15) is 9.59 Å². The van der Waals surface area contributed by atoms with Gasteiger partial charge < -0.3 is 0 Å². The number of nitrogens with zero attached hydrogens (tertiary/aromatic N) is 2. The summed E-state index contributed by atoms with van der Waals surface area (Å²) >= 11 is 0. The third-order valence-electron chi connectivity index (χ3n) is 26.7. The van der Waals surface area contributed by atoms with Crippen molar-refractivity contribution in [2.24, 2.45) is 105 Å². The number of unbranched alkanes of at least 4 members (excludes halogenated alkanes) is 4. The van der Waals surface area contributed by atoms with Crippen LogP contribution in [0.15, 0.2) is 72.4 Å². The highest BCUT2D eigenvalue weighted by atomic mass is 16.1. The predicted octanol–water partition coefficient (Wildman–Crippen LogP) is 20.3. The lowest BCUT2D eigenvalue weighted by Gasteiger charge is -2.58. The molecule has 454 valence electrons. The molecule has 0 aliphatic heterocycles. The summed E-state index contributed by atoms with van der Waals surface area (Å²) in [4.78, 5) is 26.8. The summed E-state index contributed by atoms with van der Waals surface area (Å²) in [5, 5.41) is 0. The molecule has 4 heteroatoms. The van der Waals surface area contributed by atoms with Crippen LogP contribution in [-0.4, -0.2) is 11.6 Å². The van der Waals surface area contributed by atoms with E-state index < -0.39 is 0 Å². The quantitative estimate of drug-likeness (QED) is 0.0508. The van der Waals surface area contributed by atoms with Crippen LogP contribution in [0.1, 0.15) is 275 Å². The Kier molecular flexibility index (Phi) is 20.5. The zero-order chi connectivity index (χ0) is 57.8. The normalized spacial score (nSPS) is 35.6. The summed E-state index contributed by atoms with van der Waals surface area (Å²) in [6, 6.07) is 9.01. The number of pyridine rings is 2. The first-order valence-electron chi connectivity index (χ1n) is 35.8. The van der Waals surface area contributed by atoms with Gasteiger partial charge in [-0.05, 0) is 244 Å². The lowest BCUT2D eigenvalue weighted by atomic mass is 9.46. The summed E-state index contributed by atoms with van der Waals surface area (Å²) in [7, 11) is 0. The Morgan fingerprint density at radius 3 is 1.26 bits per heavy atom. The van der Waals surface area contributed by atoms with Gasteiger partial charge in [-0.15, -0.1) is 0 Å². The Morgan fingerprint density at radius 2 is 0.866 bits per heavy atom. The standard InChI is InChI=1S/C78H122N2O2/c1-55(2)19-17-21-57(5)69-29-31-71-67-27-25-63-51-59(33-41-75(63,7)73(67)35-43-77(69,71)9)53-65(81)23-13-11-15-45-79-47-37-61(38-48-79)62-39-49-80(50-40-62)46-16-12-14-24-66(82)54-60-34-42-76(8)64(52-60)26-28-68-72-32-30-70(58(6)22-18-20-56(3)4)78(72,10)44-36-74(68)76/h25-26,37-40,47-50,55-60,67-74H,11-24,27-36,41-46,51-54H2,1-10H3/q+2/t57-,58-,59+,60+,67+,68+,69-,70-,71+,72+,73+,74+,75+,76+,77-,78-/m1/s1. The molecule has 8 aliphatic carbocycles. The van der Waals surface area contributed by atoms with Crippen molar-refractivity contribution in [1.82, 2.24) is 0 Å². The van der Waals surface area contributed by atoms with Crippen LogP contribution in [0.2, 0.25) is 0 Å². The Labute approximate surface area is 503 Å². The second kappa shape index (κ2) is 27.0. The summed E-state index contributed by atoms with van der Waals surface area (Å²) in [6.45, 7) is 27.5. The Balaban J connectivity index is 0.579. The van der Waals surface area contributed by atoms with Gasteiger partial charge in [0.1, 0.15) is 24.7 Å². The largest absolute Gasteiger partial charge is 0.300 e. The van der Waals surface area contributed by atoms with Gasteiger partial charge in [0.25, 0.3) is 0 Å². The van der Waals surface area contributed by atoms with E-state index in [2.05, 4.69) is 140 Å². The number of carbonyl (C=O) groups excluding carboxylic acids is 2. The molecule has 82 heavy (non-hydrogen) atoms. The van der Waals surface area contributed by atoms with Crippen LogP contribution >= 0.6 is 0 Å². The van der Waals surface area contributed by atoms with Crippen LogP contribution in [0.3, 0.4) is 0 Å². The molecule has 0 saturated heterocycles. The van der Waals surface area contributed by atoms with Crippen molar-refractivity contribution in [3.8, 4) is 11.1 Å². The van der Waals surface area contributed by atoms with Gasteiger partial charge >= 0.3 is 0 Å². The molecule has 2 aromatic heterocycles. The lowest BCUT2D eigenvalue weighted by molar-refractivity contribution is -0.697. The van der Waals surface area contributed by atoms with E-state index in [1.165, 1.54) is 152 Å². The molecule has 10 rings (SSSR count). The minimum Gasteiger partial charge on any atom is -0.300 e. The maximum atomic E-state index is 13.4. The second-order valence-corrected chi connectivity index (χ2v) is 32.6. The van der Waals surface area contributed by atoms with Crippen molar-refractivity contribution in [1.29, 1.82) is 0 Å². The van der Waals surface area contributed by atoms with Crippen LogP contribution in [-0.2, 0) is 22.7 Å². The van der Waals surface area contributed by atoms with Crippen molar-refractivity contribution in [2.75, 3.05) is 0 Å². The maximum Gasteiger partial charge on any atom is 0.169 e. The SMILES string of the molecule is CC(C)CCC[C@@H](C)[C@H]1CC[C@H]2[C@@H]3CC=C4C[C@@H](CC(=O)CCCCC[n+]5ccc(-c6cc[n+](CCCCCC(=O)C[C@H]7CC[C@@]8(C)C(=CC[C@H]9[C@@H]%10CC[C@H]([C@H](C)CCCC(C)C)[C@@]%10(C)CC[C@@H]98)C7)cc6)cc5)CC[C@]4(C)[C@H]3CC[C@]12C. The van der Waals surface area contributed by atoms with Gasteiger partial charge in [0.2, 0.25) is 0 Å². The molecular formula is C78H122N2O2+2. The number of hydrogen-bond acceptors (Lipinski definition) is 2. The summed E-state index contributed by atoms with van der Waals surface area (Å²) < 4.78 is 4.62. The number of ketones is 2. The van der Waals surface area contributed by atoms with Gasteiger partial charge in [-0.2, -0.15) is 0 Å². The van der Waals surface area contributed by atoms with Gasteiger partial charge in [-0.1, -0.05) is 131 Å². The molecule has 2 aromatic rings. The number of carbonyl (C=O) groups is 2. The molecule has 0 bridgehead atoms. The molecule has 0 unspecified atom stereocenters. The molecule has 2 heterocycles. The first-order chi connectivity index (χ1) is 39.4. The lowest BCUT2D eigenvalue weighted by Crippen LogP contribution is -2.50. The van der Waals surface area contributed by atoms with Crippen molar-refractivity contribution < 1.29 is 18.7 Å². The number of Topliss-reactive ketones (excluding diaryl/α,β-unsaturated/α-hetero) is 2. The highest BCUT2D eigenvalue weighted by Gasteiger charge is 2.61. The molecule has 0 spiro atoms. The third kappa shape index (κ3) is 13.6. The van der Waals surface area contributed by atoms with Crippen LogP contribution in [0.5, 0.6) is 0 Å². The number of allylic oxidation sites excluding steroid dienone is 4. The molecule has 6 saturated carbocycles. The van der Waals surface area contributed by atoms with E-state index in [4.69, 9.17) is 0 Å². The van der Waals surface area contributed by atoms with Crippen molar-refractivity contribution >= 4 is 11.6 Å². The number of fused-ring (bicyclic) bond motifs is 10. The average Bonchev–Trinajstić information content (AvgIpc) is 2.58.